The van der Waals surface area contributed by atoms with Crippen molar-refractivity contribution >= 4 is 42.6 Å². The van der Waals surface area contributed by atoms with Crippen LogP contribution in [0.1, 0.15) is 75.4 Å². The number of amides is 2. The summed E-state index contributed by atoms with van der Waals surface area (Å²) < 4.78 is 0. The highest BCUT2D eigenvalue weighted by atomic mass is 32.1. The number of hydrogen-bond acceptors (Lipinski definition) is 7. The van der Waals surface area contributed by atoms with Crippen molar-refractivity contribution in [2.45, 2.75) is 84.6 Å². The van der Waals surface area contributed by atoms with Crippen molar-refractivity contribution in [1.82, 2.24) is 20.9 Å². The molecule has 10 nitrogen and oxygen atoms in total. The van der Waals surface area contributed by atoms with Crippen molar-refractivity contribution in [2.75, 3.05) is 5.75 Å². The lowest BCUT2D eigenvalue weighted by Gasteiger charge is -2.20. The van der Waals surface area contributed by atoms with Gasteiger partial charge in [0, 0.05) is 59.1 Å². The maximum absolute atomic E-state index is 12.5. The second-order valence-corrected chi connectivity index (χ2v) is 12.4. The highest BCUT2D eigenvalue weighted by Gasteiger charge is 2.36. The summed E-state index contributed by atoms with van der Waals surface area (Å²) in [5.74, 6) is -0.575. The Labute approximate surface area is 263 Å². The highest BCUT2D eigenvalue weighted by Crippen LogP contribution is 2.36. The Hall–Kier alpha value is -3.54. The Kier molecular flexibility index (Phi) is 10.6. The molecule has 0 aromatic carbocycles. The van der Waals surface area contributed by atoms with Crippen LogP contribution in [0.15, 0.2) is 46.3 Å². The monoisotopic (exact) mass is 624 g/mol. The molecule has 4 atom stereocenters. The number of nitrogens with one attached hydrogen (secondary N) is 4. The van der Waals surface area contributed by atoms with Crippen molar-refractivity contribution in [1.29, 1.82) is 0 Å². The van der Waals surface area contributed by atoms with E-state index in [2.05, 4.69) is 40.1 Å². The molecule has 1 unspecified atom stereocenters. The summed E-state index contributed by atoms with van der Waals surface area (Å²) in [7, 11) is 0. The first kappa shape index (κ1) is 33.4. The first-order chi connectivity index (χ1) is 20.9. The van der Waals surface area contributed by atoms with E-state index in [9.17, 15) is 29.7 Å². The molecular formula is C33H44N4O6S. The number of H-pyrrole nitrogens is 1. The minimum absolute atomic E-state index is 0.0153. The third-order valence-corrected chi connectivity index (χ3v) is 9.49. The molecule has 7 N–H and O–H groups in total. The zero-order valence-corrected chi connectivity index (χ0v) is 26.7. The van der Waals surface area contributed by atoms with Gasteiger partial charge in [0.15, 0.2) is 6.29 Å². The number of aliphatic hydroxyl groups excluding tert-OH is 1. The van der Waals surface area contributed by atoms with Crippen LogP contribution in [-0.4, -0.2) is 62.2 Å². The van der Waals surface area contributed by atoms with E-state index < -0.39 is 12.3 Å². The van der Waals surface area contributed by atoms with E-state index in [1.807, 2.05) is 39.8 Å². The topological polar surface area (TPSA) is 164 Å². The molecule has 11 heteroatoms. The fourth-order valence-corrected chi connectivity index (χ4v) is 6.78. The average molecular weight is 625 g/mol. The van der Waals surface area contributed by atoms with E-state index in [-0.39, 0.29) is 48.6 Å². The molecule has 44 heavy (non-hydrogen) atoms. The van der Waals surface area contributed by atoms with Gasteiger partial charge >= 0.3 is 5.97 Å². The Morgan fingerprint density at radius 3 is 2.36 bits per heavy atom. The van der Waals surface area contributed by atoms with Crippen LogP contribution >= 0.6 is 12.6 Å². The summed E-state index contributed by atoms with van der Waals surface area (Å²) in [5.41, 5.74) is 8.42. The second-order valence-electron chi connectivity index (χ2n) is 11.9. The molecule has 1 aromatic rings. The molecule has 3 aliphatic heterocycles. The third kappa shape index (κ3) is 7.06. The van der Waals surface area contributed by atoms with Crippen LogP contribution < -0.4 is 16.0 Å². The Morgan fingerprint density at radius 1 is 1.05 bits per heavy atom. The number of aliphatic hydroxyl groups is 2. The molecule has 3 aliphatic rings. The molecule has 0 spiro atoms. The molecule has 0 bridgehead atoms. The summed E-state index contributed by atoms with van der Waals surface area (Å²) >= 11 is 4.39. The number of carbonyl (C=O) groups is 3. The number of aliphatic carboxylic acids is 1. The first-order valence-electron chi connectivity index (χ1n) is 15.1. The summed E-state index contributed by atoms with van der Waals surface area (Å²) in [5, 5.41) is 38.4. The van der Waals surface area contributed by atoms with Crippen molar-refractivity contribution in [3.05, 3.63) is 68.9 Å². The van der Waals surface area contributed by atoms with E-state index in [1.54, 1.807) is 6.08 Å². The lowest BCUT2D eigenvalue weighted by atomic mass is 9.91. The smallest absolute Gasteiger partial charge is 0.303 e. The number of carboxylic acid groups (broad SMARTS) is 1. The summed E-state index contributed by atoms with van der Waals surface area (Å²) in [6, 6.07) is -0.285. The number of aromatic nitrogens is 1. The highest BCUT2D eigenvalue weighted by molar-refractivity contribution is 7.80. The molecule has 1 aromatic heterocycles. The van der Waals surface area contributed by atoms with Gasteiger partial charge < -0.3 is 36.3 Å². The zero-order valence-electron chi connectivity index (χ0n) is 25.8. The fraction of sp³-hybridized carbons (Fsp3) is 0.485. The van der Waals surface area contributed by atoms with Crippen molar-refractivity contribution in [2.24, 2.45) is 11.8 Å². The number of thiol groups is 1. The van der Waals surface area contributed by atoms with Gasteiger partial charge in [-0.2, -0.15) is 12.6 Å². The van der Waals surface area contributed by atoms with Crippen LogP contribution in [0.25, 0.3) is 12.2 Å². The van der Waals surface area contributed by atoms with Crippen LogP contribution in [0.2, 0.25) is 0 Å². The quantitative estimate of drug-likeness (QED) is 0.123. The average Bonchev–Trinajstić information content (AvgIpc) is 3.60. The van der Waals surface area contributed by atoms with Gasteiger partial charge in [-0.25, -0.2) is 0 Å². The predicted molar refractivity (Wildman–Crippen MR) is 173 cm³/mol. The molecule has 0 aliphatic carbocycles. The fourth-order valence-electron chi connectivity index (χ4n) is 6.50. The molecule has 1 fully saturated rings. The van der Waals surface area contributed by atoms with E-state index in [1.165, 1.54) is 0 Å². The maximum Gasteiger partial charge on any atom is 0.303 e. The number of rotatable bonds is 13. The number of carbonyl (C=O) groups excluding carboxylic acids is 2. The number of allylic oxidation sites excluding steroid dienone is 2. The predicted octanol–water partition coefficient (Wildman–Crippen LogP) is 3.49. The van der Waals surface area contributed by atoms with E-state index in [4.69, 9.17) is 0 Å². The molecule has 2 amide bonds. The minimum Gasteiger partial charge on any atom is -0.481 e. The first-order valence-corrected chi connectivity index (χ1v) is 15.7. The molecule has 238 valence electrons. The van der Waals surface area contributed by atoms with Crippen LogP contribution in [0.3, 0.4) is 0 Å². The minimum atomic E-state index is -1.46. The molecule has 4 heterocycles. The molecule has 0 radical (unpaired) electrons. The SMILES string of the molecule is C=CC1=C(C)[C@@H](CC2N/C(=C\c3[nH]c(/C=C4\NC(=O)[C@H](C)[C@H]4CCS)c(C)c3CCC(=O)O)C(CCC(O)O)=C2C)NC1=O. The lowest BCUT2D eigenvalue weighted by Crippen LogP contribution is -2.36. The standard InChI is InChI=1S/C33H44N4O6S/c1-6-20-16(2)26(36-33(20)43)13-24-17(3)21(7-9-30(38)39)27(34-24)15-28-22(8-10-31(40)41)18(4)25(35-28)14-29-23(11-12-44)19(5)32(42)37-29/h6,14-15,19,23-24,26,30,34-35,38-39,44H,1,7-13H2,2-5H3,(H,36,43)(H,37,42)(H,40,41)/b27-15-,29-14-/t19-,23-,24?,26-/m1/s1. The lowest BCUT2D eigenvalue weighted by molar-refractivity contribution is -0.137. The van der Waals surface area contributed by atoms with Gasteiger partial charge in [-0.15, -0.1) is 0 Å². The van der Waals surface area contributed by atoms with Gasteiger partial charge in [-0.1, -0.05) is 19.6 Å². The third-order valence-electron chi connectivity index (χ3n) is 9.23. The van der Waals surface area contributed by atoms with Crippen LogP contribution in [0.4, 0.5) is 0 Å². The number of aromatic amines is 1. The van der Waals surface area contributed by atoms with Crippen molar-refractivity contribution in [3.8, 4) is 0 Å². The molecular weight excluding hydrogens is 580 g/mol. The van der Waals surface area contributed by atoms with Crippen molar-refractivity contribution in [3.63, 3.8) is 0 Å². The van der Waals surface area contributed by atoms with Gasteiger partial charge in [-0.3, -0.25) is 14.4 Å². The Bertz CT molecular complexity index is 1470. The van der Waals surface area contributed by atoms with Crippen LogP contribution in [0.5, 0.6) is 0 Å². The van der Waals surface area contributed by atoms with Gasteiger partial charge in [0.2, 0.25) is 5.91 Å². The summed E-state index contributed by atoms with van der Waals surface area (Å²) in [6.07, 6.45) is 6.19. The second kappa shape index (κ2) is 14.0. The number of hydrogen-bond donors (Lipinski definition) is 8. The van der Waals surface area contributed by atoms with E-state index in [0.29, 0.717) is 30.6 Å². The molecule has 4 rings (SSSR count). The van der Waals surface area contributed by atoms with Gasteiger partial charge in [-0.05, 0) is 92.2 Å². The van der Waals surface area contributed by atoms with E-state index in [0.717, 1.165) is 57.0 Å². The van der Waals surface area contributed by atoms with Crippen molar-refractivity contribution < 1.29 is 29.7 Å². The molecule has 1 saturated heterocycles. The van der Waals surface area contributed by atoms with Crippen LogP contribution in [0, 0.1) is 18.8 Å². The largest absolute Gasteiger partial charge is 0.481 e. The Morgan fingerprint density at radius 2 is 1.75 bits per heavy atom. The summed E-state index contributed by atoms with van der Waals surface area (Å²) in [4.78, 5) is 39.9. The van der Waals surface area contributed by atoms with E-state index >= 15 is 0 Å². The normalized spacial score (nSPS) is 25.5. The Balaban J connectivity index is 1.73. The molecule has 0 saturated carbocycles. The van der Waals surface area contributed by atoms with Gasteiger partial charge in [0.1, 0.15) is 0 Å². The zero-order chi connectivity index (χ0) is 32.3. The van der Waals surface area contributed by atoms with Gasteiger partial charge in [0.25, 0.3) is 5.91 Å². The number of carboxylic acids is 1. The van der Waals surface area contributed by atoms with Crippen LogP contribution in [-0.2, 0) is 20.8 Å². The maximum atomic E-state index is 12.5. The van der Waals surface area contributed by atoms with Gasteiger partial charge in [0.05, 0.1) is 6.04 Å². The summed E-state index contributed by atoms with van der Waals surface area (Å²) in [6.45, 7) is 11.6.